The summed E-state index contributed by atoms with van der Waals surface area (Å²) < 4.78 is 13.5. The van der Waals surface area contributed by atoms with Crippen molar-refractivity contribution >= 4 is 27.7 Å². The minimum absolute atomic E-state index is 0.269. The number of rotatable bonds is 3. The van der Waals surface area contributed by atoms with E-state index in [0.717, 1.165) is 0 Å². The van der Waals surface area contributed by atoms with E-state index in [9.17, 15) is 9.18 Å². The number of hydrogen-bond acceptors (Lipinski definition) is 3. The van der Waals surface area contributed by atoms with E-state index in [4.69, 9.17) is 5.73 Å². The summed E-state index contributed by atoms with van der Waals surface area (Å²) in [5, 5.41) is 0. The smallest absolute Gasteiger partial charge is 0.229 e. The first-order chi connectivity index (χ1) is 7.56. The number of halogens is 2. The van der Waals surface area contributed by atoms with Crippen molar-refractivity contribution in [3.05, 3.63) is 22.6 Å². The number of carbonyl (C=O) groups excluding carboxylic acids is 1. The Balaban J connectivity index is 1.96. The fourth-order valence-electron chi connectivity index (χ4n) is 1.75. The van der Waals surface area contributed by atoms with Crippen molar-refractivity contribution in [2.75, 3.05) is 18.0 Å². The van der Waals surface area contributed by atoms with Crippen LogP contribution in [0.4, 0.5) is 10.2 Å². The van der Waals surface area contributed by atoms with E-state index in [1.807, 2.05) is 4.90 Å². The summed E-state index contributed by atoms with van der Waals surface area (Å²) in [6.45, 7) is 1.41. The number of hydrogen-bond donors (Lipinski definition) is 1. The van der Waals surface area contributed by atoms with E-state index in [-0.39, 0.29) is 11.8 Å². The first-order valence-corrected chi connectivity index (χ1v) is 5.71. The molecule has 1 aliphatic heterocycles. The lowest BCUT2D eigenvalue weighted by Crippen LogP contribution is -2.48. The molecule has 0 atom stereocenters. The molecule has 1 aromatic rings. The van der Waals surface area contributed by atoms with Crippen LogP contribution in [0.25, 0.3) is 0 Å². The number of pyridine rings is 1. The molecular weight excluding hydrogens is 277 g/mol. The van der Waals surface area contributed by atoms with Crippen LogP contribution in [-0.4, -0.2) is 24.0 Å². The Morgan fingerprint density at radius 1 is 1.62 bits per heavy atom. The summed E-state index contributed by atoms with van der Waals surface area (Å²) in [5.74, 6) is 0.0582. The molecule has 4 nitrogen and oxygen atoms in total. The zero-order valence-electron chi connectivity index (χ0n) is 8.49. The second kappa shape index (κ2) is 4.37. The standard InChI is InChI=1S/C10H11BrFN3O/c11-7-1-2-9(14-10(7)12)15-4-6(5-15)3-8(13)16/h1-2,6H,3-5H2,(H2,13,16). The lowest BCUT2D eigenvalue weighted by molar-refractivity contribution is -0.119. The van der Waals surface area contributed by atoms with Crippen molar-refractivity contribution in [1.82, 2.24) is 4.98 Å². The van der Waals surface area contributed by atoms with Crippen LogP contribution in [0.15, 0.2) is 16.6 Å². The number of carbonyl (C=O) groups is 1. The first-order valence-electron chi connectivity index (χ1n) is 4.91. The highest BCUT2D eigenvalue weighted by molar-refractivity contribution is 9.10. The zero-order valence-corrected chi connectivity index (χ0v) is 10.1. The van der Waals surface area contributed by atoms with Gasteiger partial charge >= 0.3 is 0 Å². The highest BCUT2D eigenvalue weighted by Gasteiger charge is 2.29. The molecule has 0 aromatic carbocycles. The van der Waals surface area contributed by atoms with Crippen LogP contribution in [-0.2, 0) is 4.79 Å². The van der Waals surface area contributed by atoms with E-state index in [0.29, 0.717) is 29.8 Å². The highest BCUT2D eigenvalue weighted by Crippen LogP contribution is 2.26. The second-order valence-electron chi connectivity index (χ2n) is 3.88. The monoisotopic (exact) mass is 287 g/mol. The number of amides is 1. The van der Waals surface area contributed by atoms with Crippen LogP contribution in [0.5, 0.6) is 0 Å². The minimum atomic E-state index is -0.518. The maximum absolute atomic E-state index is 13.1. The van der Waals surface area contributed by atoms with Crippen LogP contribution in [0, 0.1) is 11.9 Å². The Kier molecular flexibility index (Phi) is 3.09. The number of primary amides is 1. The summed E-state index contributed by atoms with van der Waals surface area (Å²) >= 11 is 3.05. The van der Waals surface area contributed by atoms with Gasteiger partial charge in [-0.2, -0.15) is 4.39 Å². The normalized spacial score (nSPS) is 16.0. The van der Waals surface area contributed by atoms with Gasteiger partial charge in [-0.15, -0.1) is 0 Å². The molecule has 0 saturated carbocycles. The van der Waals surface area contributed by atoms with Crippen LogP contribution in [0.3, 0.4) is 0 Å². The van der Waals surface area contributed by atoms with Crippen molar-refractivity contribution in [2.24, 2.45) is 11.7 Å². The molecule has 0 spiro atoms. The third-order valence-electron chi connectivity index (χ3n) is 2.56. The molecule has 1 amide bonds. The molecule has 2 heterocycles. The van der Waals surface area contributed by atoms with E-state index < -0.39 is 5.95 Å². The van der Waals surface area contributed by atoms with Gasteiger partial charge in [0.05, 0.1) is 4.47 Å². The maximum Gasteiger partial charge on any atom is 0.229 e. The quantitative estimate of drug-likeness (QED) is 0.853. The average Bonchev–Trinajstić information content (AvgIpc) is 2.15. The number of aromatic nitrogens is 1. The molecule has 2 N–H and O–H groups in total. The van der Waals surface area contributed by atoms with Gasteiger partial charge in [0.2, 0.25) is 11.9 Å². The Labute approximate surface area is 101 Å². The van der Waals surface area contributed by atoms with Gasteiger partial charge in [0.25, 0.3) is 0 Å². The first kappa shape index (κ1) is 11.3. The lowest BCUT2D eigenvalue weighted by atomic mass is 9.96. The van der Waals surface area contributed by atoms with Crippen LogP contribution >= 0.6 is 15.9 Å². The van der Waals surface area contributed by atoms with Gasteiger partial charge in [-0.25, -0.2) is 4.98 Å². The van der Waals surface area contributed by atoms with E-state index in [2.05, 4.69) is 20.9 Å². The molecule has 6 heteroatoms. The molecule has 0 bridgehead atoms. The van der Waals surface area contributed by atoms with Crippen molar-refractivity contribution in [3.8, 4) is 0 Å². The Bertz CT molecular complexity index is 421. The topological polar surface area (TPSA) is 59.2 Å². The van der Waals surface area contributed by atoms with Crippen molar-refractivity contribution < 1.29 is 9.18 Å². The van der Waals surface area contributed by atoms with E-state index >= 15 is 0 Å². The fraction of sp³-hybridized carbons (Fsp3) is 0.400. The molecule has 2 rings (SSSR count). The molecule has 1 saturated heterocycles. The molecule has 0 unspecified atom stereocenters. The largest absolute Gasteiger partial charge is 0.370 e. The summed E-state index contributed by atoms with van der Waals surface area (Å²) in [6, 6.07) is 3.37. The molecular formula is C10H11BrFN3O. The Morgan fingerprint density at radius 2 is 2.31 bits per heavy atom. The molecule has 16 heavy (non-hydrogen) atoms. The Hall–Kier alpha value is -1.17. The molecule has 86 valence electrons. The third-order valence-corrected chi connectivity index (χ3v) is 3.15. The zero-order chi connectivity index (χ0) is 11.7. The molecule has 1 fully saturated rings. The van der Waals surface area contributed by atoms with Gasteiger partial charge in [0.15, 0.2) is 0 Å². The Morgan fingerprint density at radius 3 is 2.88 bits per heavy atom. The van der Waals surface area contributed by atoms with Crippen LogP contribution in [0.2, 0.25) is 0 Å². The molecule has 1 aromatic heterocycles. The van der Waals surface area contributed by atoms with Gasteiger partial charge in [-0.1, -0.05) is 0 Å². The number of nitrogens with zero attached hydrogens (tertiary/aromatic N) is 2. The van der Waals surface area contributed by atoms with Gasteiger partial charge in [-0.05, 0) is 28.1 Å². The van der Waals surface area contributed by atoms with Crippen molar-refractivity contribution in [1.29, 1.82) is 0 Å². The van der Waals surface area contributed by atoms with Crippen molar-refractivity contribution in [2.45, 2.75) is 6.42 Å². The van der Waals surface area contributed by atoms with E-state index in [1.54, 1.807) is 12.1 Å². The summed E-state index contributed by atoms with van der Waals surface area (Å²) in [5.41, 5.74) is 5.09. The summed E-state index contributed by atoms with van der Waals surface area (Å²) in [4.78, 5) is 16.4. The number of nitrogens with two attached hydrogens (primary N) is 1. The van der Waals surface area contributed by atoms with Crippen LogP contribution < -0.4 is 10.6 Å². The average molecular weight is 288 g/mol. The van der Waals surface area contributed by atoms with Gasteiger partial charge < -0.3 is 10.6 Å². The van der Waals surface area contributed by atoms with Gasteiger partial charge in [0, 0.05) is 25.4 Å². The highest BCUT2D eigenvalue weighted by atomic mass is 79.9. The van der Waals surface area contributed by atoms with Crippen molar-refractivity contribution in [3.63, 3.8) is 0 Å². The maximum atomic E-state index is 13.1. The molecule has 0 aliphatic carbocycles. The SMILES string of the molecule is NC(=O)CC1CN(c2ccc(Br)c(F)n2)C1. The minimum Gasteiger partial charge on any atom is -0.370 e. The van der Waals surface area contributed by atoms with Crippen LogP contribution in [0.1, 0.15) is 6.42 Å². The van der Waals surface area contributed by atoms with Gasteiger partial charge in [0.1, 0.15) is 5.82 Å². The predicted octanol–water partition coefficient (Wildman–Crippen LogP) is 1.29. The summed E-state index contributed by atoms with van der Waals surface area (Å²) in [6.07, 6.45) is 0.384. The molecule has 1 aliphatic rings. The predicted molar refractivity (Wildman–Crippen MR) is 61.4 cm³/mol. The van der Waals surface area contributed by atoms with Gasteiger partial charge in [-0.3, -0.25) is 4.79 Å². The van der Waals surface area contributed by atoms with E-state index in [1.165, 1.54) is 0 Å². The number of anilines is 1. The lowest BCUT2D eigenvalue weighted by Gasteiger charge is -2.39. The fourth-order valence-corrected chi connectivity index (χ4v) is 1.98. The third kappa shape index (κ3) is 2.32. The second-order valence-corrected chi connectivity index (χ2v) is 4.74. The molecule has 0 radical (unpaired) electrons. The summed E-state index contributed by atoms with van der Waals surface area (Å²) in [7, 11) is 0.